The Kier molecular flexibility index (Phi) is 3.88. The maximum Gasteiger partial charge on any atom is 0.347 e. The van der Waals surface area contributed by atoms with E-state index in [0.717, 1.165) is 32.6 Å². The number of benzene rings is 4. The van der Waals surface area contributed by atoms with Gasteiger partial charge in [0, 0.05) is 27.4 Å². The fraction of sp³-hybridized carbons (Fsp3) is 0.0417. The number of para-hydroxylation sites is 1. The van der Waals surface area contributed by atoms with E-state index >= 15 is 0 Å². The van der Waals surface area contributed by atoms with Gasteiger partial charge in [0.05, 0.1) is 12.6 Å². The average molecular weight is 382 g/mol. The van der Waals surface area contributed by atoms with Gasteiger partial charge >= 0.3 is 5.97 Å². The molecule has 0 atom stereocenters. The Hall–Kier alpha value is -3.99. The number of esters is 1. The van der Waals surface area contributed by atoms with E-state index in [4.69, 9.17) is 15.2 Å². The van der Waals surface area contributed by atoms with E-state index < -0.39 is 5.97 Å². The topological polar surface area (TPSA) is 77.3 Å². The molecule has 5 aromatic rings. The highest BCUT2D eigenvalue weighted by Crippen LogP contribution is 2.33. The van der Waals surface area contributed by atoms with Crippen LogP contribution in [0.4, 0.5) is 5.69 Å². The molecular formula is C24H18N2O3. The fourth-order valence-electron chi connectivity index (χ4n) is 3.73. The normalized spacial score (nSPS) is 11.2. The predicted molar refractivity (Wildman–Crippen MR) is 116 cm³/mol. The van der Waals surface area contributed by atoms with Crippen LogP contribution in [0.2, 0.25) is 0 Å². The van der Waals surface area contributed by atoms with Crippen LogP contribution in [0.1, 0.15) is 10.4 Å². The number of aromatic nitrogens is 1. The Bertz CT molecular complexity index is 1400. The lowest BCUT2D eigenvalue weighted by molar-refractivity contribution is 0.0731. The third-order valence-corrected chi connectivity index (χ3v) is 5.12. The molecule has 0 aliphatic heterocycles. The molecule has 4 aromatic carbocycles. The zero-order chi connectivity index (χ0) is 20.0. The minimum Gasteiger partial charge on any atom is -0.496 e. The quantitative estimate of drug-likeness (QED) is 0.253. The number of methoxy groups -OCH3 is 1. The zero-order valence-corrected chi connectivity index (χ0v) is 15.7. The van der Waals surface area contributed by atoms with Crippen molar-refractivity contribution in [2.24, 2.45) is 0 Å². The summed E-state index contributed by atoms with van der Waals surface area (Å²) in [5.74, 6) is 0.360. The molecule has 0 aliphatic carbocycles. The van der Waals surface area contributed by atoms with Gasteiger partial charge < -0.3 is 20.2 Å². The van der Waals surface area contributed by atoms with Crippen molar-refractivity contribution in [1.82, 2.24) is 4.98 Å². The summed E-state index contributed by atoms with van der Waals surface area (Å²) in [6.07, 6.45) is 0. The molecule has 5 rings (SSSR count). The molecule has 0 amide bonds. The third kappa shape index (κ3) is 2.84. The smallest absolute Gasteiger partial charge is 0.347 e. The number of carbonyl (C=O) groups excluding carboxylic acids is 1. The lowest BCUT2D eigenvalue weighted by Gasteiger charge is -2.10. The molecule has 5 nitrogen and oxygen atoms in total. The summed E-state index contributed by atoms with van der Waals surface area (Å²) in [4.78, 5) is 16.2. The van der Waals surface area contributed by atoms with Crippen molar-refractivity contribution in [2.45, 2.75) is 0 Å². The van der Waals surface area contributed by atoms with Crippen molar-refractivity contribution >= 4 is 44.2 Å². The van der Waals surface area contributed by atoms with Crippen molar-refractivity contribution in [3.8, 4) is 11.5 Å². The van der Waals surface area contributed by atoms with Crippen LogP contribution in [0, 0.1) is 0 Å². The number of carbonyl (C=O) groups is 1. The Morgan fingerprint density at radius 1 is 0.897 bits per heavy atom. The van der Waals surface area contributed by atoms with Gasteiger partial charge in [-0.1, -0.05) is 36.4 Å². The average Bonchev–Trinajstić information content (AvgIpc) is 3.13. The minimum atomic E-state index is -0.516. The minimum absolute atomic E-state index is 0.288. The van der Waals surface area contributed by atoms with Crippen LogP contribution < -0.4 is 15.2 Å². The van der Waals surface area contributed by atoms with Crippen LogP contribution in [-0.4, -0.2) is 18.1 Å². The van der Waals surface area contributed by atoms with Crippen LogP contribution in [0.3, 0.4) is 0 Å². The number of rotatable bonds is 3. The number of hydrogen-bond donors (Lipinski definition) is 2. The molecule has 0 bridgehead atoms. The van der Waals surface area contributed by atoms with E-state index in [2.05, 4.69) is 29.2 Å². The largest absolute Gasteiger partial charge is 0.496 e. The number of anilines is 1. The summed E-state index contributed by atoms with van der Waals surface area (Å²) in [7, 11) is 1.50. The van der Waals surface area contributed by atoms with Crippen LogP contribution in [0.5, 0.6) is 11.5 Å². The van der Waals surface area contributed by atoms with Crippen molar-refractivity contribution in [3.63, 3.8) is 0 Å². The molecule has 3 N–H and O–H groups in total. The molecule has 142 valence electrons. The highest BCUT2D eigenvalue weighted by molar-refractivity contribution is 6.17. The zero-order valence-electron chi connectivity index (χ0n) is 15.7. The van der Waals surface area contributed by atoms with E-state index in [1.165, 1.54) is 7.11 Å². The van der Waals surface area contributed by atoms with Crippen molar-refractivity contribution in [3.05, 3.63) is 78.4 Å². The van der Waals surface area contributed by atoms with Gasteiger partial charge in [-0.25, -0.2) is 4.79 Å². The Morgan fingerprint density at radius 2 is 1.72 bits per heavy atom. The highest BCUT2D eigenvalue weighted by atomic mass is 16.5. The lowest BCUT2D eigenvalue weighted by atomic mass is 10.1. The van der Waals surface area contributed by atoms with Crippen molar-refractivity contribution in [1.29, 1.82) is 0 Å². The van der Waals surface area contributed by atoms with Gasteiger partial charge in [-0.05, 0) is 41.8 Å². The predicted octanol–water partition coefficient (Wildman–Crippen LogP) is 5.28. The van der Waals surface area contributed by atoms with Gasteiger partial charge in [-0.2, -0.15) is 0 Å². The molecule has 29 heavy (non-hydrogen) atoms. The Morgan fingerprint density at radius 3 is 2.59 bits per heavy atom. The number of nitrogens with two attached hydrogens (primary N) is 1. The molecule has 1 aromatic heterocycles. The monoisotopic (exact) mass is 382 g/mol. The standard InChI is InChI=1S/C24H18N2O3/c1-28-22-11-8-15(25)12-20(22)24(27)29-16-9-6-14-7-10-18-17-4-2-3-5-21(17)26-23(18)19(14)13-16/h2-13,26H,25H2,1H3. The number of ether oxygens (including phenoxy) is 2. The second-order valence-electron chi connectivity index (χ2n) is 6.89. The van der Waals surface area contributed by atoms with Crippen LogP contribution in [-0.2, 0) is 0 Å². The summed E-state index contributed by atoms with van der Waals surface area (Å²) in [6.45, 7) is 0. The van der Waals surface area contributed by atoms with Gasteiger partial charge in [0.25, 0.3) is 0 Å². The summed E-state index contributed by atoms with van der Waals surface area (Å²) in [5, 5.41) is 4.35. The van der Waals surface area contributed by atoms with Gasteiger partial charge in [0.1, 0.15) is 17.1 Å². The summed E-state index contributed by atoms with van der Waals surface area (Å²) < 4.78 is 10.9. The second-order valence-corrected chi connectivity index (χ2v) is 6.89. The van der Waals surface area contributed by atoms with Gasteiger partial charge in [0.2, 0.25) is 0 Å². The Balaban J connectivity index is 1.60. The van der Waals surface area contributed by atoms with E-state index in [-0.39, 0.29) is 5.56 Å². The maximum atomic E-state index is 12.7. The second kappa shape index (κ2) is 6.56. The molecule has 0 saturated carbocycles. The molecule has 5 heteroatoms. The number of nitrogen functional groups attached to an aromatic ring is 1. The molecule has 0 spiro atoms. The molecule has 0 unspecified atom stereocenters. The molecular weight excluding hydrogens is 364 g/mol. The van der Waals surface area contributed by atoms with E-state index in [0.29, 0.717) is 17.2 Å². The van der Waals surface area contributed by atoms with Crippen molar-refractivity contribution in [2.75, 3.05) is 12.8 Å². The molecule has 0 fully saturated rings. The first-order chi connectivity index (χ1) is 14.1. The summed E-state index contributed by atoms with van der Waals surface area (Å²) in [5.41, 5.74) is 8.66. The SMILES string of the molecule is COc1ccc(N)cc1C(=O)Oc1ccc2ccc3c4ccccc4[nH]c3c2c1. The van der Waals surface area contributed by atoms with E-state index in [9.17, 15) is 4.79 Å². The molecule has 1 heterocycles. The number of H-pyrrole nitrogens is 1. The number of hydrogen-bond acceptors (Lipinski definition) is 4. The number of fused-ring (bicyclic) bond motifs is 5. The molecule has 0 radical (unpaired) electrons. The maximum absolute atomic E-state index is 12.7. The van der Waals surface area contributed by atoms with Gasteiger partial charge in [-0.3, -0.25) is 0 Å². The highest BCUT2D eigenvalue weighted by Gasteiger charge is 2.16. The molecule has 0 saturated heterocycles. The van der Waals surface area contributed by atoms with Crippen LogP contribution >= 0.6 is 0 Å². The lowest BCUT2D eigenvalue weighted by Crippen LogP contribution is -2.10. The van der Waals surface area contributed by atoms with Gasteiger partial charge in [0.15, 0.2) is 0 Å². The van der Waals surface area contributed by atoms with Crippen molar-refractivity contribution < 1.29 is 14.3 Å². The van der Waals surface area contributed by atoms with Gasteiger partial charge in [-0.15, -0.1) is 0 Å². The third-order valence-electron chi connectivity index (χ3n) is 5.12. The molecule has 0 aliphatic rings. The first kappa shape index (κ1) is 17.1. The Labute approximate surface area is 166 Å². The first-order valence-corrected chi connectivity index (χ1v) is 9.23. The first-order valence-electron chi connectivity index (χ1n) is 9.23. The van der Waals surface area contributed by atoms with Crippen LogP contribution in [0.15, 0.2) is 72.8 Å². The van der Waals surface area contributed by atoms with E-state index in [1.807, 2.05) is 24.3 Å². The number of nitrogens with one attached hydrogen (secondary N) is 1. The van der Waals surface area contributed by atoms with Crippen LogP contribution in [0.25, 0.3) is 32.6 Å². The summed E-state index contributed by atoms with van der Waals surface area (Å²) in [6, 6.07) is 22.9. The summed E-state index contributed by atoms with van der Waals surface area (Å²) >= 11 is 0. The van der Waals surface area contributed by atoms with E-state index in [1.54, 1.807) is 24.3 Å². The number of aromatic amines is 1. The fourth-order valence-corrected chi connectivity index (χ4v) is 3.73.